The predicted octanol–water partition coefficient (Wildman–Crippen LogP) is 2.85. The number of thiazole rings is 1. The number of carbonyl (C=O) groups is 1. The van der Waals surface area contributed by atoms with Crippen molar-refractivity contribution in [3.05, 3.63) is 62.5 Å². The van der Waals surface area contributed by atoms with Crippen LogP contribution >= 0.6 is 22.9 Å². The summed E-state index contributed by atoms with van der Waals surface area (Å²) in [5, 5.41) is 15.0. The SMILES string of the molecule is COC(=O)C1=C(C2C[C@H](CO)CO2)NC(c2nccs2)=NC1c1cccc(F)c1Cl. The van der Waals surface area contributed by atoms with Gasteiger partial charge in [0, 0.05) is 29.7 Å². The Morgan fingerprint density at radius 3 is 3.00 bits per heavy atom. The monoisotopic (exact) mass is 451 g/mol. The Bertz CT molecular complexity index is 1010. The molecule has 4 rings (SSSR count). The first kappa shape index (κ1) is 20.9. The van der Waals surface area contributed by atoms with Crippen molar-refractivity contribution in [2.24, 2.45) is 10.9 Å². The van der Waals surface area contributed by atoms with Gasteiger partial charge in [-0.05, 0) is 12.5 Å². The molecule has 1 fully saturated rings. The first-order valence-corrected chi connectivity index (χ1v) is 10.5. The maximum Gasteiger partial charge on any atom is 0.338 e. The highest BCUT2D eigenvalue weighted by Crippen LogP contribution is 2.39. The van der Waals surface area contributed by atoms with Crippen LogP contribution in [0.4, 0.5) is 4.39 Å². The number of hydrogen-bond donors (Lipinski definition) is 2. The van der Waals surface area contributed by atoms with E-state index >= 15 is 0 Å². The van der Waals surface area contributed by atoms with Crippen LogP contribution in [0.2, 0.25) is 5.02 Å². The second-order valence-electron chi connectivity index (χ2n) is 6.91. The number of nitrogens with one attached hydrogen (secondary N) is 1. The molecule has 3 atom stereocenters. The van der Waals surface area contributed by atoms with Crippen molar-refractivity contribution >= 4 is 34.7 Å². The Morgan fingerprint density at radius 2 is 2.33 bits per heavy atom. The fourth-order valence-electron chi connectivity index (χ4n) is 3.58. The minimum atomic E-state index is -0.910. The average molecular weight is 452 g/mol. The van der Waals surface area contributed by atoms with E-state index in [2.05, 4.69) is 15.3 Å². The van der Waals surface area contributed by atoms with Gasteiger partial charge in [-0.1, -0.05) is 23.7 Å². The van der Waals surface area contributed by atoms with E-state index in [1.807, 2.05) is 0 Å². The quantitative estimate of drug-likeness (QED) is 0.679. The van der Waals surface area contributed by atoms with Gasteiger partial charge in [-0.25, -0.2) is 14.2 Å². The van der Waals surface area contributed by atoms with Crippen molar-refractivity contribution in [1.82, 2.24) is 10.3 Å². The molecule has 7 nitrogen and oxygen atoms in total. The Kier molecular flexibility index (Phi) is 6.14. The third kappa shape index (κ3) is 3.85. The molecule has 2 N–H and O–H groups in total. The molecule has 2 unspecified atom stereocenters. The van der Waals surface area contributed by atoms with E-state index in [0.717, 1.165) is 0 Å². The van der Waals surface area contributed by atoms with Gasteiger partial charge in [0.05, 0.1) is 36.1 Å². The number of aromatic nitrogens is 1. The molecule has 2 aromatic rings. The number of aliphatic hydroxyl groups excluding tert-OH is 1. The lowest BCUT2D eigenvalue weighted by Crippen LogP contribution is -2.38. The fraction of sp³-hybridized carbons (Fsp3) is 0.350. The molecule has 30 heavy (non-hydrogen) atoms. The number of benzene rings is 1. The van der Waals surface area contributed by atoms with Crippen molar-refractivity contribution in [2.45, 2.75) is 18.6 Å². The van der Waals surface area contributed by atoms with Crippen LogP contribution in [0.15, 0.2) is 46.0 Å². The molecule has 2 aliphatic heterocycles. The zero-order valence-electron chi connectivity index (χ0n) is 16.0. The van der Waals surface area contributed by atoms with Gasteiger partial charge in [-0.15, -0.1) is 11.3 Å². The van der Waals surface area contributed by atoms with Gasteiger partial charge >= 0.3 is 5.97 Å². The Labute approximate surface area is 181 Å². The highest BCUT2D eigenvalue weighted by Gasteiger charge is 2.39. The van der Waals surface area contributed by atoms with E-state index in [9.17, 15) is 14.3 Å². The number of halogens is 2. The molecule has 0 radical (unpaired) electrons. The summed E-state index contributed by atoms with van der Waals surface area (Å²) in [6, 6.07) is 3.47. The van der Waals surface area contributed by atoms with Crippen molar-refractivity contribution < 1.29 is 23.8 Å². The summed E-state index contributed by atoms with van der Waals surface area (Å²) in [5.74, 6) is -0.863. The summed E-state index contributed by atoms with van der Waals surface area (Å²) in [5.41, 5.74) is 0.985. The van der Waals surface area contributed by atoms with E-state index < -0.39 is 23.9 Å². The summed E-state index contributed by atoms with van der Waals surface area (Å²) >= 11 is 7.62. The summed E-state index contributed by atoms with van der Waals surface area (Å²) in [4.78, 5) is 21.7. The lowest BCUT2D eigenvalue weighted by atomic mass is 9.92. The van der Waals surface area contributed by atoms with Crippen molar-refractivity contribution in [2.75, 3.05) is 20.3 Å². The summed E-state index contributed by atoms with van der Waals surface area (Å²) in [7, 11) is 1.27. The van der Waals surface area contributed by atoms with Crippen molar-refractivity contribution in [3.8, 4) is 0 Å². The molecule has 0 aliphatic carbocycles. The molecule has 0 saturated carbocycles. The molecule has 1 saturated heterocycles. The zero-order valence-corrected chi connectivity index (χ0v) is 17.5. The lowest BCUT2D eigenvalue weighted by molar-refractivity contribution is -0.136. The average Bonchev–Trinajstić information content (AvgIpc) is 3.46. The third-order valence-corrected chi connectivity index (χ3v) is 6.23. The molecular formula is C20H19ClFN3O4S. The van der Waals surface area contributed by atoms with Crippen LogP contribution in [0.25, 0.3) is 0 Å². The predicted molar refractivity (Wildman–Crippen MR) is 110 cm³/mol. The number of carbonyl (C=O) groups excluding carboxylic acids is 1. The van der Waals surface area contributed by atoms with Crippen LogP contribution in [-0.4, -0.2) is 48.3 Å². The molecular weight excluding hydrogens is 433 g/mol. The Balaban J connectivity index is 1.88. The largest absolute Gasteiger partial charge is 0.466 e. The lowest BCUT2D eigenvalue weighted by Gasteiger charge is -2.29. The van der Waals surface area contributed by atoms with Crippen LogP contribution in [0, 0.1) is 11.7 Å². The molecule has 10 heteroatoms. The number of hydrogen-bond acceptors (Lipinski definition) is 8. The molecule has 0 spiro atoms. The minimum absolute atomic E-state index is 0.0239. The van der Waals surface area contributed by atoms with Gasteiger partial charge in [0.1, 0.15) is 11.9 Å². The normalized spacial score (nSPS) is 23.9. The number of ether oxygens (including phenoxy) is 2. The molecule has 158 valence electrons. The van der Waals surface area contributed by atoms with E-state index in [1.165, 1.54) is 30.6 Å². The van der Waals surface area contributed by atoms with Crippen molar-refractivity contribution in [1.29, 1.82) is 0 Å². The summed E-state index contributed by atoms with van der Waals surface area (Å²) in [6.07, 6.45) is 1.66. The van der Waals surface area contributed by atoms with Crippen LogP contribution in [0.3, 0.4) is 0 Å². The second kappa shape index (κ2) is 8.81. The number of rotatable bonds is 5. The topological polar surface area (TPSA) is 93.0 Å². The van der Waals surface area contributed by atoms with Crippen LogP contribution in [0.5, 0.6) is 0 Å². The number of aliphatic hydroxyl groups is 1. The number of aliphatic imine (C=N–C) groups is 1. The number of esters is 1. The molecule has 1 aromatic carbocycles. The van der Waals surface area contributed by atoms with Gasteiger partial charge in [0.2, 0.25) is 0 Å². The smallest absolute Gasteiger partial charge is 0.338 e. The van der Waals surface area contributed by atoms with Crippen LogP contribution in [-0.2, 0) is 14.3 Å². The second-order valence-corrected chi connectivity index (χ2v) is 8.18. The maximum absolute atomic E-state index is 14.2. The highest BCUT2D eigenvalue weighted by atomic mass is 35.5. The van der Waals surface area contributed by atoms with Gasteiger partial charge < -0.3 is 19.9 Å². The number of amidine groups is 1. The summed E-state index contributed by atoms with van der Waals surface area (Å²) < 4.78 is 25.1. The Hall–Kier alpha value is -2.33. The van der Waals surface area contributed by atoms with Crippen LogP contribution < -0.4 is 5.32 Å². The number of nitrogens with zero attached hydrogens (tertiary/aromatic N) is 2. The Morgan fingerprint density at radius 1 is 1.50 bits per heavy atom. The van der Waals surface area contributed by atoms with Crippen LogP contribution in [0.1, 0.15) is 23.0 Å². The fourth-order valence-corrected chi connectivity index (χ4v) is 4.40. The minimum Gasteiger partial charge on any atom is -0.466 e. The third-order valence-electron chi connectivity index (χ3n) is 5.05. The molecule has 1 aromatic heterocycles. The first-order valence-electron chi connectivity index (χ1n) is 9.26. The van der Waals surface area contributed by atoms with Gasteiger partial charge in [0.25, 0.3) is 0 Å². The van der Waals surface area contributed by atoms with Gasteiger partial charge in [-0.3, -0.25) is 4.99 Å². The molecule has 3 heterocycles. The number of methoxy groups -OCH3 is 1. The zero-order chi connectivity index (χ0) is 21.3. The summed E-state index contributed by atoms with van der Waals surface area (Å²) in [6.45, 7) is 0.333. The van der Waals surface area contributed by atoms with Gasteiger partial charge in [0.15, 0.2) is 10.8 Å². The van der Waals surface area contributed by atoms with E-state index in [0.29, 0.717) is 35.1 Å². The molecule has 0 bridgehead atoms. The van der Waals surface area contributed by atoms with E-state index in [-0.39, 0.29) is 23.1 Å². The van der Waals surface area contributed by atoms with E-state index in [4.69, 9.17) is 21.1 Å². The van der Waals surface area contributed by atoms with E-state index in [1.54, 1.807) is 17.6 Å². The van der Waals surface area contributed by atoms with Crippen molar-refractivity contribution in [3.63, 3.8) is 0 Å². The molecule has 2 aliphatic rings. The standard InChI is InChI=1S/C20H19ClFN3O4S/c1-28-20(27)14-16(11-3-2-4-12(22)15(11)21)24-18(19-23-5-6-30-19)25-17(14)13-7-10(8-26)9-29-13/h2-6,10,13,16,26H,7-9H2,1H3,(H,24,25)/t10-,13?,16?/m1/s1. The molecule has 0 amide bonds. The highest BCUT2D eigenvalue weighted by molar-refractivity contribution is 7.11. The first-order chi connectivity index (χ1) is 14.5. The maximum atomic E-state index is 14.2. The van der Waals surface area contributed by atoms with Gasteiger partial charge in [-0.2, -0.15) is 0 Å².